The highest BCUT2D eigenvalue weighted by molar-refractivity contribution is 5.59. The monoisotopic (exact) mass is 330 g/mol. The van der Waals surface area contributed by atoms with Gasteiger partial charge < -0.3 is 18.9 Å². The van der Waals surface area contributed by atoms with Gasteiger partial charge in [0, 0.05) is 14.2 Å². The Bertz CT molecular complexity index is 546. The van der Waals surface area contributed by atoms with Crippen LogP contribution in [-0.4, -0.2) is 33.6 Å². The Kier molecular flexibility index (Phi) is 7.26. The Labute approximate surface area is 142 Å². The molecule has 0 saturated carbocycles. The van der Waals surface area contributed by atoms with Crippen LogP contribution in [0.25, 0.3) is 0 Å². The van der Waals surface area contributed by atoms with Crippen molar-refractivity contribution in [1.82, 2.24) is 0 Å². The van der Waals surface area contributed by atoms with E-state index in [1.807, 2.05) is 60.7 Å². The zero-order valence-electron chi connectivity index (χ0n) is 13.9. The van der Waals surface area contributed by atoms with Crippen molar-refractivity contribution in [3.8, 4) is 0 Å². The van der Waals surface area contributed by atoms with Crippen molar-refractivity contribution in [2.75, 3.05) is 27.4 Å². The first-order valence-corrected chi connectivity index (χ1v) is 7.69. The Morgan fingerprint density at radius 3 is 1.46 bits per heavy atom. The zero-order chi connectivity index (χ0) is 17.2. The third kappa shape index (κ3) is 5.37. The van der Waals surface area contributed by atoms with E-state index < -0.39 is 6.16 Å². The molecule has 2 aromatic carbocycles. The molecule has 0 aliphatic heterocycles. The van der Waals surface area contributed by atoms with Gasteiger partial charge in [0.1, 0.15) is 25.4 Å². The lowest BCUT2D eigenvalue weighted by molar-refractivity contribution is -0.0214. The first-order chi connectivity index (χ1) is 11.7. The summed E-state index contributed by atoms with van der Waals surface area (Å²) in [5.74, 6) is 0. The molecular weight excluding hydrogens is 308 g/mol. The molecule has 2 rings (SSSR count). The van der Waals surface area contributed by atoms with E-state index in [9.17, 15) is 4.79 Å². The average molecular weight is 330 g/mol. The standard InChI is InChI=1S/C19H22O5/c1-21-17(15-9-5-3-6-10-15)13-23-19(20)24-14-18(22-2)16-11-7-4-8-12-16/h3-12,17-18H,13-14H2,1-2H3/t17-,18-/m1/s1. The van der Waals surface area contributed by atoms with Gasteiger partial charge in [0.2, 0.25) is 0 Å². The van der Waals surface area contributed by atoms with Gasteiger partial charge in [-0.15, -0.1) is 0 Å². The van der Waals surface area contributed by atoms with Crippen molar-refractivity contribution in [3.05, 3.63) is 71.8 Å². The summed E-state index contributed by atoms with van der Waals surface area (Å²) >= 11 is 0. The number of methoxy groups -OCH3 is 2. The second kappa shape index (κ2) is 9.70. The van der Waals surface area contributed by atoms with Crippen LogP contribution in [0.5, 0.6) is 0 Å². The maximum atomic E-state index is 11.8. The van der Waals surface area contributed by atoms with Gasteiger partial charge in [0.25, 0.3) is 0 Å². The smallest absolute Gasteiger partial charge is 0.431 e. The molecule has 0 fully saturated rings. The summed E-state index contributed by atoms with van der Waals surface area (Å²) in [4.78, 5) is 11.8. The average Bonchev–Trinajstić information content (AvgIpc) is 2.64. The zero-order valence-corrected chi connectivity index (χ0v) is 13.9. The lowest BCUT2D eigenvalue weighted by Crippen LogP contribution is -2.18. The molecule has 2 atom stereocenters. The molecule has 0 bridgehead atoms. The first-order valence-electron chi connectivity index (χ1n) is 7.69. The predicted molar refractivity (Wildman–Crippen MR) is 89.7 cm³/mol. The lowest BCUT2D eigenvalue weighted by Gasteiger charge is -2.18. The number of ether oxygens (including phenoxy) is 4. The van der Waals surface area contributed by atoms with E-state index in [-0.39, 0.29) is 25.4 Å². The summed E-state index contributed by atoms with van der Waals surface area (Å²) in [6.45, 7) is 0.171. The van der Waals surface area contributed by atoms with Crippen LogP contribution in [0.3, 0.4) is 0 Å². The first kappa shape index (κ1) is 18.0. The summed E-state index contributed by atoms with van der Waals surface area (Å²) in [6.07, 6.45) is -1.40. The predicted octanol–water partition coefficient (Wildman–Crippen LogP) is 3.92. The molecule has 0 aliphatic rings. The molecule has 24 heavy (non-hydrogen) atoms. The van der Waals surface area contributed by atoms with Crippen LogP contribution in [0.15, 0.2) is 60.7 Å². The Morgan fingerprint density at radius 1 is 0.750 bits per heavy atom. The molecule has 2 aromatic rings. The molecular formula is C19H22O5. The normalized spacial score (nSPS) is 13.1. The fourth-order valence-corrected chi connectivity index (χ4v) is 2.27. The van der Waals surface area contributed by atoms with Crippen LogP contribution in [-0.2, 0) is 18.9 Å². The summed E-state index contributed by atoms with van der Waals surface area (Å²) in [7, 11) is 3.14. The van der Waals surface area contributed by atoms with E-state index in [2.05, 4.69) is 0 Å². The number of carbonyl (C=O) groups excluding carboxylic acids is 1. The summed E-state index contributed by atoms with van der Waals surface area (Å²) < 4.78 is 21.0. The number of hydrogen-bond acceptors (Lipinski definition) is 5. The molecule has 128 valence electrons. The summed E-state index contributed by atoms with van der Waals surface area (Å²) in [5, 5.41) is 0. The van der Waals surface area contributed by atoms with Crippen molar-refractivity contribution < 1.29 is 23.7 Å². The molecule has 0 amide bonds. The van der Waals surface area contributed by atoms with Gasteiger partial charge in [-0.2, -0.15) is 0 Å². The molecule has 0 N–H and O–H groups in total. The second-order valence-corrected chi connectivity index (χ2v) is 5.14. The van der Waals surface area contributed by atoms with Gasteiger partial charge in [0.15, 0.2) is 0 Å². The topological polar surface area (TPSA) is 54.0 Å². The number of hydrogen-bond donors (Lipinski definition) is 0. The maximum absolute atomic E-state index is 11.8. The Morgan fingerprint density at radius 2 is 1.12 bits per heavy atom. The van der Waals surface area contributed by atoms with Crippen molar-refractivity contribution in [2.45, 2.75) is 12.2 Å². The van der Waals surface area contributed by atoms with E-state index in [1.54, 1.807) is 14.2 Å². The minimum atomic E-state index is -0.744. The van der Waals surface area contributed by atoms with E-state index in [0.717, 1.165) is 11.1 Å². The van der Waals surface area contributed by atoms with Crippen LogP contribution < -0.4 is 0 Å². The van der Waals surface area contributed by atoms with Gasteiger partial charge in [-0.1, -0.05) is 60.7 Å². The SMILES string of the molecule is CO[C@H](COC(=O)OC[C@@H](OC)c1ccccc1)c1ccccc1. The summed E-state index contributed by atoms with van der Waals surface area (Å²) in [5.41, 5.74) is 1.87. The van der Waals surface area contributed by atoms with Gasteiger partial charge in [-0.3, -0.25) is 0 Å². The molecule has 0 saturated heterocycles. The maximum Gasteiger partial charge on any atom is 0.508 e. The Balaban J connectivity index is 1.80. The van der Waals surface area contributed by atoms with Crippen LogP contribution in [0.1, 0.15) is 23.3 Å². The van der Waals surface area contributed by atoms with Gasteiger partial charge in [0.05, 0.1) is 0 Å². The lowest BCUT2D eigenvalue weighted by atomic mass is 10.1. The van der Waals surface area contributed by atoms with Crippen molar-refractivity contribution >= 4 is 6.16 Å². The van der Waals surface area contributed by atoms with E-state index in [1.165, 1.54) is 0 Å². The van der Waals surface area contributed by atoms with Gasteiger partial charge >= 0.3 is 6.16 Å². The van der Waals surface area contributed by atoms with Crippen LogP contribution in [0.2, 0.25) is 0 Å². The van der Waals surface area contributed by atoms with Crippen molar-refractivity contribution in [3.63, 3.8) is 0 Å². The van der Waals surface area contributed by atoms with E-state index >= 15 is 0 Å². The van der Waals surface area contributed by atoms with E-state index in [0.29, 0.717) is 0 Å². The number of benzene rings is 2. The highest BCUT2D eigenvalue weighted by Gasteiger charge is 2.17. The number of rotatable bonds is 8. The second-order valence-electron chi connectivity index (χ2n) is 5.14. The van der Waals surface area contributed by atoms with Crippen LogP contribution >= 0.6 is 0 Å². The molecule has 0 heterocycles. The molecule has 5 nitrogen and oxygen atoms in total. The fourth-order valence-electron chi connectivity index (χ4n) is 2.27. The van der Waals surface area contributed by atoms with Gasteiger partial charge in [-0.25, -0.2) is 4.79 Å². The summed E-state index contributed by atoms with van der Waals surface area (Å²) in [6, 6.07) is 19.1. The Hall–Kier alpha value is -2.37. The number of carbonyl (C=O) groups is 1. The van der Waals surface area contributed by atoms with Gasteiger partial charge in [-0.05, 0) is 11.1 Å². The molecule has 0 spiro atoms. The highest BCUT2D eigenvalue weighted by Crippen LogP contribution is 2.18. The fraction of sp³-hybridized carbons (Fsp3) is 0.316. The molecule has 0 aromatic heterocycles. The minimum Gasteiger partial charge on any atom is -0.431 e. The minimum absolute atomic E-state index is 0.0856. The third-order valence-electron chi connectivity index (χ3n) is 3.62. The molecule has 0 aliphatic carbocycles. The largest absolute Gasteiger partial charge is 0.508 e. The highest BCUT2D eigenvalue weighted by atomic mass is 16.7. The molecule has 5 heteroatoms. The van der Waals surface area contributed by atoms with E-state index in [4.69, 9.17) is 18.9 Å². The van der Waals surface area contributed by atoms with Crippen LogP contribution in [0.4, 0.5) is 4.79 Å². The quantitative estimate of drug-likeness (QED) is 0.687. The van der Waals surface area contributed by atoms with Crippen LogP contribution in [0, 0.1) is 0 Å². The molecule has 0 unspecified atom stereocenters. The van der Waals surface area contributed by atoms with Crippen molar-refractivity contribution in [2.24, 2.45) is 0 Å². The third-order valence-corrected chi connectivity index (χ3v) is 3.62. The van der Waals surface area contributed by atoms with Crippen molar-refractivity contribution in [1.29, 1.82) is 0 Å². The molecule has 0 radical (unpaired) electrons.